The Labute approximate surface area is 193 Å². The van der Waals surface area contributed by atoms with Gasteiger partial charge in [0.1, 0.15) is 17.1 Å². The summed E-state index contributed by atoms with van der Waals surface area (Å²) < 4.78 is 12.6. The molecule has 1 amide bonds. The number of amides is 1. The summed E-state index contributed by atoms with van der Waals surface area (Å²) in [6, 6.07) is 22.0. The number of para-hydroxylation sites is 1. The van der Waals surface area contributed by atoms with Crippen LogP contribution >= 0.6 is 22.6 Å². The summed E-state index contributed by atoms with van der Waals surface area (Å²) in [5.41, 5.74) is 1.97. The third-order valence-corrected chi connectivity index (χ3v) is 5.19. The number of aryl methyl sites for hydroxylation is 1. The van der Waals surface area contributed by atoms with Gasteiger partial charge in [-0.3, -0.25) is 4.79 Å². The van der Waals surface area contributed by atoms with Gasteiger partial charge in [-0.1, -0.05) is 29.8 Å². The lowest BCUT2D eigenvalue weighted by molar-refractivity contribution is 0.102. The number of anilines is 1. The van der Waals surface area contributed by atoms with Crippen LogP contribution in [0, 0.1) is 10.5 Å². The maximum absolute atomic E-state index is 12.8. The van der Waals surface area contributed by atoms with Crippen LogP contribution in [0.5, 0.6) is 23.3 Å². The summed E-state index contributed by atoms with van der Waals surface area (Å²) in [4.78, 5) is 21.3. The number of benzene rings is 2. The lowest BCUT2D eigenvalue weighted by Crippen LogP contribution is -2.13. The molecule has 2 heterocycles. The number of hydrogen-bond acceptors (Lipinski definition) is 5. The lowest BCUT2D eigenvalue weighted by Gasteiger charge is -2.11. The fourth-order valence-corrected chi connectivity index (χ4v) is 3.21. The number of aromatic nitrogens is 2. The van der Waals surface area contributed by atoms with Gasteiger partial charge in [0.15, 0.2) is 0 Å². The van der Waals surface area contributed by atoms with E-state index in [1.54, 1.807) is 36.7 Å². The molecule has 154 valence electrons. The van der Waals surface area contributed by atoms with Gasteiger partial charge < -0.3 is 14.8 Å². The largest absolute Gasteiger partial charge is 0.438 e. The highest BCUT2D eigenvalue weighted by molar-refractivity contribution is 14.1. The van der Waals surface area contributed by atoms with Gasteiger partial charge in [0.2, 0.25) is 11.8 Å². The standard InChI is InChI=1S/C24H18IN3O3/c1-16-8-11-18(12-9-16)30-24-19(5-4-14-26-24)23(29)28-17-10-13-22(27-15-17)31-21-7-3-2-6-20(21)25/h2-15H,1H3,(H,28,29). The predicted octanol–water partition coefficient (Wildman–Crippen LogP) is 6.23. The van der Waals surface area contributed by atoms with Crippen molar-refractivity contribution in [3.63, 3.8) is 0 Å². The van der Waals surface area contributed by atoms with E-state index in [0.717, 1.165) is 14.9 Å². The van der Waals surface area contributed by atoms with Crippen molar-refractivity contribution in [1.29, 1.82) is 0 Å². The number of carbonyl (C=O) groups is 1. The number of rotatable bonds is 6. The summed E-state index contributed by atoms with van der Waals surface area (Å²) in [5.74, 6) is 1.66. The van der Waals surface area contributed by atoms with E-state index in [1.165, 1.54) is 0 Å². The average molecular weight is 523 g/mol. The summed E-state index contributed by atoms with van der Waals surface area (Å²) in [6.07, 6.45) is 3.12. The van der Waals surface area contributed by atoms with Crippen LogP contribution in [0.2, 0.25) is 0 Å². The number of pyridine rings is 2. The second-order valence-corrected chi connectivity index (χ2v) is 7.81. The molecule has 31 heavy (non-hydrogen) atoms. The molecule has 4 aromatic rings. The van der Waals surface area contributed by atoms with Gasteiger partial charge in [-0.25, -0.2) is 9.97 Å². The summed E-state index contributed by atoms with van der Waals surface area (Å²) in [6.45, 7) is 1.99. The van der Waals surface area contributed by atoms with Gasteiger partial charge in [-0.05, 0) is 72.0 Å². The summed E-state index contributed by atoms with van der Waals surface area (Å²) in [5, 5.41) is 2.82. The zero-order valence-electron chi connectivity index (χ0n) is 16.6. The van der Waals surface area contributed by atoms with E-state index >= 15 is 0 Å². The van der Waals surface area contributed by atoms with Crippen molar-refractivity contribution < 1.29 is 14.3 Å². The molecule has 2 aromatic heterocycles. The van der Waals surface area contributed by atoms with Crippen molar-refractivity contribution in [1.82, 2.24) is 9.97 Å². The first kappa shape index (κ1) is 20.8. The molecular weight excluding hydrogens is 505 g/mol. The van der Waals surface area contributed by atoms with Gasteiger partial charge >= 0.3 is 0 Å². The lowest BCUT2D eigenvalue weighted by atomic mass is 10.2. The fourth-order valence-electron chi connectivity index (χ4n) is 2.72. The minimum Gasteiger partial charge on any atom is -0.438 e. The Morgan fingerprint density at radius 1 is 0.903 bits per heavy atom. The summed E-state index contributed by atoms with van der Waals surface area (Å²) >= 11 is 2.20. The van der Waals surface area contributed by atoms with Crippen molar-refractivity contribution in [3.05, 3.63) is 99.9 Å². The third-order valence-electron chi connectivity index (χ3n) is 4.30. The van der Waals surface area contributed by atoms with Gasteiger partial charge in [0.25, 0.3) is 5.91 Å². The molecule has 0 atom stereocenters. The topological polar surface area (TPSA) is 73.3 Å². The van der Waals surface area contributed by atoms with Gasteiger partial charge in [-0.15, -0.1) is 0 Å². The SMILES string of the molecule is Cc1ccc(Oc2ncccc2C(=O)Nc2ccc(Oc3ccccc3I)nc2)cc1. The quantitative estimate of drug-likeness (QED) is 0.304. The molecule has 7 heteroatoms. The molecule has 4 rings (SSSR count). The van der Waals surface area contributed by atoms with Crippen molar-refractivity contribution in [3.8, 4) is 23.3 Å². The van der Waals surface area contributed by atoms with E-state index in [9.17, 15) is 4.79 Å². The number of nitrogens with one attached hydrogen (secondary N) is 1. The van der Waals surface area contributed by atoms with Crippen LogP contribution in [0.3, 0.4) is 0 Å². The first-order chi connectivity index (χ1) is 15.1. The molecular formula is C24H18IN3O3. The predicted molar refractivity (Wildman–Crippen MR) is 127 cm³/mol. The van der Waals surface area contributed by atoms with Crippen LogP contribution in [0.1, 0.15) is 15.9 Å². The molecule has 0 aliphatic heterocycles. The highest BCUT2D eigenvalue weighted by Crippen LogP contribution is 2.27. The van der Waals surface area contributed by atoms with Gasteiger partial charge in [-0.2, -0.15) is 0 Å². The van der Waals surface area contributed by atoms with Crippen LogP contribution in [-0.4, -0.2) is 15.9 Å². The van der Waals surface area contributed by atoms with Crippen LogP contribution in [-0.2, 0) is 0 Å². The molecule has 1 N–H and O–H groups in total. The monoisotopic (exact) mass is 523 g/mol. The van der Waals surface area contributed by atoms with E-state index in [0.29, 0.717) is 22.9 Å². The molecule has 0 aliphatic carbocycles. The number of ether oxygens (including phenoxy) is 2. The van der Waals surface area contributed by atoms with E-state index in [4.69, 9.17) is 9.47 Å². The molecule has 0 saturated carbocycles. The van der Waals surface area contributed by atoms with Crippen LogP contribution < -0.4 is 14.8 Å². The Hall–Kier alpha value is -3.46. The fraction of sp³-hybridized carbons (Fsp3) is 0.0417. The number of nitrogens with zero attached hydrogens (tertiary/aromatic N) is 2. The number of halogens is 1. The van der Waals surface area contributed by atoms with E-state index in [-0.39, 0.29) is 11.8 Å². The molecule has 0 fully saturated rings. The first-order valence-corrected chi connectivity index (χ1v) is 10.6. The molecule has 0 spiro atoms. The van der Waals surface area contributed by atoms with Crippen LogP contribution in [0.15, 0.2) is 85.2 Å². The first-order valence-electron chi connectivity index (χ1n) is 9.48. The Kier molecular flexibility index (Phi) is 6.42. The van der Waals surface area contributed by atoms with Crippen LogP contribution in [0.25, 0.3) is 0 Å². The average Bonchev–Trinajstić information content (AvgIpc) is 2.78. The molecule has 0 bridgehead atoms. The van der Waals surface area contributed by atoms with Crippen LogP contribution in [0.4, 0.5) is 5.69 Å². The van der Waals surface area contributed by atoms with Gasteiger partial charge in [0, 0.05) is 12.3 Å². The molecule has 0 aliphatic rings. The van der Waals surface area contributed by atoms with Gasteiger partial charge in [0.05, 0.1) is 15.5 Å². The summed E-state index contributed by atoms with van der Waals surface area (Å²) in [7, 11) is 0. The minimum atomic E-state index is -0.344. The Morgan fingerprint density at radius 2 is 1.71 bits per heavy atom. The molecule has 6 nitrogen and oxygen atoms in total. The minimum absolute atomic E-state index is 0.232. The third kappa shape index (κ3) is 5.37. The maximum atomic E-state index is 12.8. The highest BCUT2D eigenvalue weighted by atomic mass is 127. The molecule has 0 radical (unpaired) electrons. The van der Waals surface area contributed by atoms with Crippen molar-refractivity contribution in [2.24, 2.45) is 0 Å². The Morgan fingerprint density at radius 3 is 2.45 bits per heavy atom. The smallest absolute Gasteiger partial charge is 0.261 e. The van der Waals surface area contributed by atoms with Crippen molar-refractivity contribution in [2.45, 2.75) is 6.92 Å². The van der Waals surface area contributed by atoms with E-state index < -0.39 is 0 Å². The maximum Gasteiger partial charge on any atom is 0.261 e. The zero-order chi connectivity index (χ0) is 21.6. The van der Waals surface area contributed by atoms with E-state index in [2.05, 4.69) is 37.9 Å². The second-order valence-electron chi connectivity index (χ2n) is 6.64. The number of hydrogen-bond donors (Lipinski definition) is 1. The molecule has 0 unspecified atom stereocenters. The van der Waals surface area contributed by atoms with E-state index in [1.807, 2.05) is 55.5 Å². The Balaban J connectivity index is 1.46. The van der Waals surface area contributed by atoms with Crippen molar-refractivity contribution >= 4 is 34.2 Å². The zero-order valence-corrected chi connectivity index (χ0v) is 18.7. The molecule has 2 aromatic carbocycles. The normalized spacial score (nSPS) is 10.4. The Bertz CT molecular complexity index is 1200. The van der Waals surface area contributed by atoms with Crippen molar-refractivity contribution in [2.75, 3.05) is 5.32 Å². The number of carbonyl (C=O) groups excluding carboxylic acids is 1. The molecule has 0 saturated heterocycles. The second kappa shape index (κ2) is 9.57. The highest BCUT2D eigenvalue weighted by Gasteiger charge is 2.15.